The molecule has 1 amide bonds. The minimum atomic E-state index is -0.166. The number of carbonyl (C=O) groups excluding carboxylic acids is 1. The standard InChI is InChI=1S/C12H13ClN2O2/c1-14-12(16)7-10-6-11(15-17-10)8-2-4-9(13)5-3-8/h2-5,10H,6-7H2,1H3,(H,14,16). The molecule has 90 valence electrons. The van der Waals surface area contributed by atoms with E-state index in [1.54, 1.807) is 7.05 Å². The zero-order valence-corrected chi connectivity index (χ0v) is 10.2. The van der Waals surface area contributed by atoms with E-state index in [-0.39, 0.29) is 12.0 Å². The Morgan fingerprint density at radius 3 is 2.88 bits per heavy atom. The van der Waals surface area contributed by atoms with Crippen LogP contribution in [0.1, 0.15) is 18.4 Å². The highest BCUT2D eigenvalue weighted by Crippen LogP contribution is 2.20. The molecule has 4 nitrogen and oxygen atoms in total. The van der Waals surface area contributed by atoms with Gasteiger partial charge in [0.1, 0.15) is 6.10 Å². The summed E-state index contributed by atoms with van der Waals surface area (Å²) in [6.07, 6.45) is 0.812. The molecule has 0 aliphatic carbocycles. The molecule has 0 saturated heterocycles. The minimum Gasteiger partial charge on any atom is -0.391 e. The monoisotopic (exact) mass is 252 g/mol. The molecule has 2 rings (SSSR count). The molecule has 0 fully saturated rings. The van der Waals surface area contributed by atoms with Crippen LogP contribution in [0.15, 0.2) is 29.4 Å². The van der Waals surface area contributed by atoms with Crippen LogP contribution in [-0.4, -0.2) is 24.8 Å². The van der Waals surface area contributed by atoms with Gasteiger partial charge in [-0.05, 0) is 17.7 Å². The van der Waals surface area contributed by atoms with E-state index in [1.807, 2.05) is 24.3 Å². The summed E-state index contributed by atoms with van der Waals surface area (Å²) in [5.74, 6) is -0.0393. The fourth-order valence-electron chi connectivity index (χ4n) is 1.66. The topological polar surface area (TPSA) is 50.7 Å². The molecule has 1 unspecified atom stereocenters. The zero-order chi connectivity index (χ0) is 12.3. The van der Waals surface area contributed by atoms with Gasteiger partial charge in [-0.1, -0.05) is 28.9 Å². The van der Waals surface area contributed by atoms with Crippen molar-refractivity contribution in [1.82, 2.24) is 5.32 Å². The van der Waals surface area contributed by atoms with E-state index in [9.17, 15) is 4.79 Å². The number of halogens is 1. The smallest absolute Gasteiger partial charge is 0.223 e. The second-order valence-electron chi connectivity index (χ2n) is 3.85. The van der Waals surface area contributed by atoms with E-state index >= 15 is 0 Å². The van der Waals surface area contributed by atoms with Gasteiger partial charge < -0.3 is 10.2 Å². The van der Waals surface area contributed by atoms with E-state index in [0.29, 0.717) is 17.9 Å². The third-order valence-electron chi connectivity index (χ3n) is 2.60. The molecule has 0 aromatic heterocycles. The molecule has 0 saturated carbocycles. The summed E-state index contributed by atoms with van der Waals surface area (Å²) in [4.78, 5) is 16.4. The van der Waals surface area contributed by atoms with Gasteiger partial charge in [0.05, 0.1) is 12.1 Å². The van der Waals surface area contributed by atoms with Gasteiger partial charge in [0.25, 0.3) is 0 Å². The summed E-state index contributed by atoms with van der Waals surface area (Å²) in [6, 6.07) is 7.41. The SMILES string of the molecule is CNC(=O)CC1CC(c2ccc(Cl)cc2)=NO1. The number of nitrogens with one attached hydrogen (secondary N) is 1. The summed E-state index contributed by atoms with van der Waals surface area (Å²) >= 11 is 5.81. The average Bonchev–Trinajstić information content (AvgIpc) is 2.78. The quantitative estimate of drug-likeness (QED) is 0.894. The van der Waals surface area contributed by atoms with Crippen molar-refractivity contribution in [3.8, 4) is 0 Å². The maximum atomic E-state index is 11.2. The predicted octanol–water partition coefficient (Wildman–Crippen LogP) is 1.97. The van der Waals surface area contributed by atoms with E-state index < -0.39 is 0 Å². The van der Waals surface area contributed by atoms with Crippen molar-refractivity contribution < 1.29 is 9.63 Å². The number of amides is 1. The number of hydrogen-bond acceptors (Lipinski definition) is 3. The molecule has 5 heteroatoms. The highest BCUT2D eigenvalue weighted by Gasteiger charge is 2.24. The molecule has 1 aromatic rings. The van der Waals surface area contributed by atoms with Gasteiger partial charge in [-0.3, -0.25) is 4.79 Å². The van der Waals surface area contributed by atoms with Crippen molar-refractivity contribution >= 4 is 23.2 Å². The van der Waals surface area contributed by atoms with Crippen molar-refractivity contribution in [1.29, 1.82) is 0 Å². The molecule has 17 heavy (non-hydrogen) atoms. The summed E-state index contributed by atoms with van der Waals surface area (Å²) in [5, 5.41) is 7.25. The Morgan fingerprint density at radius 2 is 2.24 bits per heavy atom. The van der Waals surface area contributed by atoms with Gasteiger partial charge >= 0.3 is 0 Å². The molecule has 0 bridgehead atoms. The molecule has 1 aliphatic heterocycles. The first-order valence-electron chi connectivity index (χ1n) is 5.38. The lowest BCUT2D eigenvalue weighted by atomic mass is 10.0. The van der Waals surface area contributed by atoms with Gasteiger partial charge in [0.15, 0.2) is 0 Å². The van der Waals surface area contributed by atoms with E-state index in [1.165, 1.54) is 0 Å². The molecule has 0 spiro atoms. The molecule has 1 aromatic carbocycles. The van der Waals surface area contributed by atoms with Gasteiger partial charge in [-0.25, -0.2) is 0 Å². The van der Waals surface area contributed by atoms with Crippen molar-refractivity contribution in [2.24, 2.45) is 5.16 Å². The Morgan fingerprint density at radius 1 is 1.53 bits per heavy atom. The molecular formula is C12H13ClN2O2. The largest absolute Gasteiger partial charge is 0.391 e. The lowest BCUT2D eigenvalue weighted by Gasteiger charge is -2.05. The van der Waals surface area contributed by atoms with Crippen LogP contribution in [0, 0.1) is 0 Å². The second kappa shape index (κ2) is 5.19. The Labute approximate surface area is 105 Å². The van der Waals surface area contributed by atoms with Crippen LogP contribution < -0.4 is 5.32 Å². The highest BCUT2D eigenvalue weighted by molar-refractivity contribution is 6.30. The van der Waals surface area contributed by atoms with Crippen molar-refractivity contribution in [2.75, 3.05) is 7.05 Å². The third kappa shape index (κ3) is 2.97. The zero-order valence-electron chi connectivity index (χ0n) is 9.44. The lowest BCUT2D eigenvalue weighted by molar-refractivity contribution is -0.123. The fourth-order valence-corrected chi connectivity index (χ4v) is 1.79. The first kappa shape index (κ1) is 11.9. The van der Waals surface area contributed by atoms with Crippen molar-refractivity contribution in [3.05, 3.63) is 34.9 Å². The maximum Gasteiger partial charge on any atom is 0.223 e. The Hall–Kier alpha value is -1.55. The van der Waals surface area contributed by atoms with E-state index in [0.717, 1.165) is 11.3 Å². The van der Waals surface area contributed by atoms with Crippen LogP contribution in [0.2, 0.25) is 5.02 Å². The number of benzene rings is 1. The first-order chi connectivity index (χ1) is 8.19. The van der Waals surface area contributed by atoms with Gasteiger partial charge in [-0.2, -0.15) is 0 Å². The normalized spacial score (nSPS) is 18.5. The molecular weight excluding hydrogens is 240 g/mol. The average molecular weight is 253 g/mol. The number of rotatable bonds is 3. The van der Waals surface area contributed by atoms with Gasteiger partial charge in [-0.15, -0.1) is 0 Å². The third-order valence-corrected chi connectivity index (χ3v) is 2.85. The Kier molecular flexibility index (Phi) is 3.64. The summed E-state index contributed by atoms with van der Waals surface area (Å²) in [5.41, 5.74) is 1.84. The van der Waals surface area contributed by atoms with Crippen LogP contribution in [-0.2, 0) is 9.63 Å². The molecule has 0 radical (unpaired) electrons. The summed E-state index contributed by atoms with van der Waals surface area (Å²) in [7, 11) is 1.61. The highest BCUT2D eigenvalue weighted by atomic mass is 35.5. The number of carbonyl (C=O) groups is 1. The van der Waals surface area contributed by atoms with E-state index in [4.69, 9.17) is 16.4 Å². The van der Waals surface area contributed by atoms with Crippen molar-refractivity contribution in [3.63, 3.8) is 0 Å². The maximum absolute atomic E-state index is 11.2. The molecule has 1 N–H and O–H groups in total. The minimum absolute atomic E-state index is 0.0393. The molecule has 1 aliphatic rings. The number of nitrogens with zero attached hydrogens (tertiary/aromatic N) is 1. The van der Waals surface area contributed by atoms with Crippen LogP contribution in [0.3, 0.4) is 0 Å². The predicted molar refractivity (Wildman–Crippen MR) is 66.2 cm³/mol. The van der Waals surface area contributed by atoms with Crippen molar-refractivity contribution in [2.45, 2.75) is 18.9 Å². The van der Waals surface area contributed by atoms with Gasteiger partial charge in [0, 0.05) is 18.5 Å². The Balaban J connectivity index is 1.97. The van der Waals surface area contributed by atoms with Crippen LogP contribution in [0.5, 0.6) is 0 Å². The second-order valence-corrected chi connectivity index (χ2v) is 4.29. The Bertz CT molecular complexity index is 442. The van der Waals surface area contributed by atoms with Crippen LogP contribution in [0.4, 0.5) is 0 Å². The number of hydrogen-bond donors (Lipinski definition) is 1. The van der Waals surface area contributed by atoms with E-state index in [2.05, 4.69) is 10.5 Å². The molecule has 1 atom stereocenters. The van der Waals surface area contributed by atoms with Crippen LogP contribution in [0.25, 0.3) is 0 Å². The van der Waals surface area contributed by atoms with Gasteiger partial charge in [0.2, 0.25) is 5.91 Å². The first-order valence-corrected chi connectivity index (χ1v) is 5.76. The lowest BCUT2D eigenvalue weighted by Crippen LogP contribution is -2.24. The fraction of sp³-hybridized carbons (Fsp3) is 0.333. The summed E-state index contributed by atoms with van der Waals surface area (Å²) < 4.78 is 0. The molecule has 1 heterocycles. The van der Waals surface area contributed by atoms with Crippen LogP contribution >= 0.6 is 11.6 Å². The number of oxime groups is 1. The summed E-state index contributed by atoms with van der Waals surface area (Å²) in [6.45, 7) is 0.